The molecule has 0 aromatic heterocycles. The highest BCUT2D eigenvalue weighted by atomic mass is 16.5. The van der Waals surface area contributed by atoms with Gasteiger partial charge in [0.15, 0.2) is 0 Å². The first-order valence-corrected chi connectivity index (χ1v) is 5.33. The topological polar surface area (TPSA) is 38.3 Å². The van der Waals surface area contributed by atoms with Gasteiger partial charge in [0, 0.05) is 6.54 Å². The molecule has 1 aromatic rings. The van der Waals surface area contributed by atoms with E-state index in [1.807, 2.05) is 18.2 Å². The summed E-state index contributed by atoms with van der Waals surface area (Å²) in [6.07, 6.45) is 2.90. The minimum atomic E-state index is -0.377. The van der Waals surface area contributed by atoms with Gasteiger partial charge in [0.25, 0.3) is 0 Å². The quantitative estimate of drug-likeness (QED) is 0.754. The average Bonchev–Trinajstić information content (AvgIpc) is 2.26. The number of benzene rings is 1. The molecular formula is C12H17NO2. The summed E-state index contributed by atoms with van der Waals surface area (Å²) in [7, 11) is 0. The second-order valence-corrected chi connectivity index (χ2v) is 3.34. The van der Waals surface area contributed by atoms with E-state index in [0.29, 0.717) is 12.3 Å². The van der Waals surface area contributed by atoms with E-state index in [1.54, 1.807) is 12.1 Å². The van der Waals surface area contributed by atoms with Crippen LogP contribution in [0.2, 0.25) is 0 Å². The van der Waals surface area contributed by atoms with Crippen molar-refractivity contribution in [2.24, 2.45) is 0 Å². The van der Waals surface area contributed by atoms with Gasteiger partial charge < -0.3 is 10.1 Å². The van der Waals surface area contributed by atoms with E-state index < -0.39 is 0 Å². The van der Waals surface area contributed by atoms with Crippen molar-refractivity contribution < 1.29 is 9.53 Å². The van der Waals surface area contributed by atoms with Crippen molar-refractivity contribution in [3.05, 3.63) is 30.3 Å². The van der Waals surface area contributed by atoms with Gasteiger partial charge in [0.1, 0.15) is 5.75 Å². The third-order valence-electron chi connectivity index (χ3n) is 2.00. The van der Waals surface area contributed by atoms with Crippen LogP contribution in [0.4, 0.5) is 4.79 Å². The third-order valence-corrected chi connectivity index (χ3v) is 2.00. The molecule has 82 valence electrons. The number of para-hydroxylation sites is 1. The fraction of sp³-hybridized carbons (Fsp3) is 0.417. The lowest BCUT2D eigenvalue weighted by Gasteiger charge is -2.05. The van der Waals surface area contributed by atoms with Crippen LogP contribution in [0.25, 0.3) is 0 Å². The number of rotatable bonds is 5. The van der Waals surface area contributed by atoms with Crippen LogP contribution in [-0.2, 0) is 0 Å². The smallest absolute Gasteiger partial charge is 0.410 e. The predicted molar refractivity (Wildman–Crippen MR) is 60.0 cm³/mol. The van der Waals surface area contributed by atoms with Gasteiger partial charge in [0.05, 0.1) is 0 Å². The molecule has 0 aliphatic heterocycles. The van der Waals surface area contributed by atoms with Gasteiger partial charge in [-0.2, -0.15) is 0 Å². The van der Waals surface area contributed by atoms with Crippen LogP contribution in [0.15, 0.2) is 30.3 Å². The Bertz CT molecular complexity index is 285. The van der Waals surface area contributed by atoms with Gasteiger partial charge in [-0.25, -0.2) is 4.79 Å². The Hall–Kier alpha value is -1.51. The van der Waals surface area contributed by atoms with Crippen LogP contribution < -0.4 is 10.1 Å². The Morgan fingerprint density at radius 2 is 2.00 bits per heavy atom. The number of carbonyl (C=O) groups excluding carboxylic acids is 1. The van der Waals surface area contributed by atoms with E-state index >= 15 is 0 Å². The van der Waals surface area contributed by atoms with Crippen LogP contribution in [0.5, 0.6) is 5.75 Å². The van der Waals surface area contributed by atoms with Crippen molar-refractivity contribution >= 4 is 6.09 Å². The Balaban J connectivity index is 2.19. The number of hydrogen-bond acceptors (Lipinski definition) is 2. The molecule has 1 rings (SSSR count). The van der Waals surface area contributed by atoms with Crippen molar-refractivity contribution in [1.82, 2.24) is 5.32 Å². The minimum Gasteiger partial charge on any atom is -0.410 e. The number of hydrogen-bond donors (Lipinski definition) is 1. The molecule has 0 atom stereocenters. The maximum Gasteiger partial charge on any atom is 0.412 e. The number of carbonyl (C=O) groups is 1. The second kappa shape index (κ2) is 6.87. The fourth-order valence-electron chi connectivity index (χ4n) is 1.20. The molecule has 1 N–H and O–H groups in total. The first kappa shape index (κ1) is 11.6. The number of nitrogens with one attached hydrogen (secondary N) is 1. The molecule has 0 unspecified atom stereocenters. The van der Waals surface area contributed by atoms with Crippen LogP contribution in [0.1, 0.15) is 26.2 Å². The maximum atomic E-state index is 11.2. The summed E-state index contributed by atoms with van der Waals surface area (Å²) >= 11 is 0. The Morgan fingerprint density at radius 3 is 2.67 bits per heavy atom. The summed E-state index contributed by atoms with van der Waals surface area (Å²) in [5, 5.41) is 2.70. The lowest BCUT2D eigenvalue weighted by Crippen LogP contribution is -2.27. The van der Waals surface area contributed by atoms with Crippen molar-refractivity contribution in [2.45, 2.75) is 26.2 Å². The summed E-state index contributed by atoms with van der Waals surface area (Å²) in [4.78, 5) is 11.2. The molecule has 0 aliphatic rings. The first-order chi connectivity index (χ1) is 7.33. The molecule has 0 radical (unpaired) electrons. The Labute approximate surface area is 90.4 Å². The maximum absolute atomic E-state index is 11.2. The molecule has 3 heteroatoms. The average molecular weight is 207 g/mol. The molecular weight excluding hydrogens is 190 g/mol. The molecule has 0 aliphatic carbocycles. The monoisotopic (exact) mass is 207 g/mol. The highest BCUT2D eigenvalue weighted by Crippen LogP contribution is 2.07. The Kier molecular flexibility index (Phi) is 5.30. The SMILES string of the molecule is CCCCCNC(=O)Oc1ccccc1. The van der Waals surface area contributed by atoms with E-state index in [0.717, 1.165) is 19.3 Å². The van der Waals surface area contributed by atoms with Crippen molar-refractivity contribution in [3.63, 3.8) is 0 Å². The third kappa shape index (κ3) is 5.05. The van der Waals surface area contributed by atoms with Crippen molar-refractivity contribution in [3.8, 4) is 5.75 Å². The standard InChI is InChI=1S/C12H17NO2/c1-2-3-7-10-13-12(14)15-11-8-5-4-6-9-11/h4-6,8-9H,2-3,7,10H2,1H3,(H,13,14). The van der Waals surface area contributed by atoms with Crippen LogP contribution in [0, 0.1) is 0 Å². The molecule has 0 spiro atoms. The zero-order valence-electron chi connectivity index (χ0n) is 9.03. The van der Waals surface area contributed by atoms with Crippen LogP contribution >= 0.6 is 0 Å². The zero-order chi connectivity index (χ0) is 10.9. The Morgan fingerprint density at radius 1 is 1.27 bits per heavy atom. The molecule has 3 nitrogen and oxygen atoms in total. The van der Waals surface area contributed by atoms with E-state index in [1.165, 1.54) is 0 Å². The summed E-state index contributed by atoms with van der Waals surface area (Å²) in [6, 6.07) is 9.06. The van der Waals surface area contributed by atoms with Gasteiger partial charge in [-0.15, -0.1) is 0 Å². The fourth-order valence-corrected chi connectivity index (χ4v) is 1.20. The van der Waals surface area contributed by atoms with Gasteiger partial charge in [-0.1, -0.05) is 38.0 Å². The summed E-state index contributed by atoms with van der Waals surface area (Å²) in [6.45, 7) is 2.81. The lowest BCUT2D eigenvalue weighted by molar-refractivity contribution is 0.200. The van der Waals surface area contributed by atoms with Gasteiger partial charge in [0.2, 0.25) is 0 Å². The minimum absolute atomic E-state index is 0.377. The van der Waals surface area contributed by atoms with Crippen LogP contribution in [-0.4, -0.2) is 12.6 Å². The first-order valence-electron chi connectivity index (χ1n) is 5.33. The number of ether oxygens (including phenoxy) is 1. The van der Waals surface area contributed by atoms with Crippen LogP contribution in [0.3, 0.4) is 0 Å². The normalized spacial score (nSPS) is 9.67. The van der Waals surface area contributed by atoms with Crippen molar-refractivity contribution in [1.29, 1.82) is 0 Å². The summed E-state index contributed by atoms with van der Waals surface area (Å²) in [5.41, 5.74) is 0. The second-order valence-electron chi connectivity index (χ2n) is 3.34. The van der Waals surface area contributed by atoms with Gasteiger partial charge in [-0.05, 0) is 18.6 Å². The summed E-state index contributed by atoms with van der Waals surface area (Å²) < 4.78 is 5.04. The highest BCUT2D eigenvalue weighted by Gasteiger charge is 2.01. The summed E-state index contributed by atoms with van der Waals surface area (Å²) in [5.74, 6) is 0.575. The lowest BCUT2D eigenvalue weighted by atomic mass is 10.2. The predicted octanol–water partition coefficient (Wildman–Crippen LogP) is 2.97. The van der Waals surface area contributed by atoms with E-state index in [2.05, 4.69) is 12.2 Å². The molecule has 0 fully saturated rings. The highest BCUT2D eigenvalue weighted by molar-refractivity contribution is 5.70. The molecule has 0 bridgehead atoms. The number of amides is 1. The van der Waals surface area contributed by atoms with Gasteiger partial charge >= 0.3 is 6.09 Å². The zero-order valence-corrected chi connectivity index (χ0v) is 9.03. The largest absolute Gasteiger partial charge is 0.412 e. The molecule has 0 saturated heterocycles. The van der Waals surface area contributed by atoms with E-state index in [4.69, 9.17) is 4.74 Å². The van der Waals surface area contributed by atoms with E-state index in [-0.39, 0.29) is 6.09 Å². The molecule has 15 heavy (non-hydrogen) atoms. The molecule has 0 heterocycles. The molecule has 0 saturated carbocycles. The number of unbranched alkanes of at least 4 members (excludes halogenated alkanes) is 2. The van der Waals surface area contributed by atoms with E-state index in [9.17, 15) is 4.79 Å². The van der Waals surface area contributed by atoms with Gasteiger partial charge in [-0.3, -0.25) is 0 Å². The molecule has 1 aromatic carbocycles. The molecule has 1 amide bonds. The van der Waals surface area contributed by atoms with Crippen molar-refractivity contribution in [2.75, 3.05) is 6.54 Å².